The number of aliphatic imine (C=N–C) groups is 1. The molecule has 0 radical (unpaired) electrons. The van der Waals surface area contributed by atoms with E-state index >= 15 is 0 Å². The third-order valence-corrected chi connectivity index (χ3v) is 3.95. The van der Waals surface area contributed by atoms with Crippen molar-refractivity contribution < 1.29 is 9.84 Å². The average Bonchev–Trinajstić information content (AvgIpc) is 2.64. The number of nitrogens with zero attached hydrogens (tertiary/aromatic N) is 1. The Bertz CT molecular complexity index is 687. The van der Waals surface area contributed by atoms with Crippen molar-refractivity contribution in [3.8, 4) is 11.5 Å². The zero-order valence-corrected chi connectivity index (χ0v) is 15.1. The highest BCUT2D eigenvalue weighted by molar-refractivity contribution is 5.80. The van der Waals surface area contributed by atoms with Gasteiger partial charge < -0.3 is 20.5 Å². The van der Waals surface area contributed by atoms with Gasteiger partial charge >= 0.3 is 0 Å². The summed E-state index contributed by atoms with van der Waals surface area (Å²) < 4.78 is 5.14. The van der Waals surface area contributed by atoms with Crippen LogP contribution in [0.25, 0.3) is 0 Å². The Morgan fingerprint density at radius 2 is 1.92 bits per heavy atom. The molecule has 0 amide bonds. The number of guanidine groups is 1. The van der Waals surface area contributed by atoms with E-state index in [-0.39, 0.29) is 11.8 Å². The number of benzene rings is 2. The largest absolute Gasteiger partial charge is 0.504 e. The second-order valence-electron chi connectivity index (χ2n) is 5.76. The highest BCUT2D eigenvalue weighted by Crippen LogP contribution is 2.29. The van der Waals surface area contributed by atoms with Crippen LogP contribution in [0.1, 0.15) is 31.0 Å². The topological polar surface area (TPSA) is 65.9 Å². The summed E-state index contributed by atoms with van der Waals surface area (Å²) in [6.45, 7) is 5.50. The van der Waals surface area contributed by atoms with Gasteiger partial charge in [0.05, 0.1) is 13.2 Å². The highest BCUT2D eigenvalue weighted by Gasteiger charge is 2.09. The van der Waals surface area contributed by atoms with Gasteiger partial charge in [0.15, 0.2) is 17.5 Å². The second kappa shape index (κ2) is 9.57. The SMILES string of the molecule is CCNC(=NCCc1cccc(OC)c1O)NC(C)c1ccccc1. The maximum absolute atomic E-state index is 10.1. The Morgan fingerprint density at radius 3 is 2.60 bits per heavy atom. The molecule has 0 aromatic heterocycles. The van der Waals surface area contributed by atoms with E-state index < -0.39 is 0 Å². The smallest absolute Gasteiger partial charge is 0.191 e. The van der Waals surface area contributed by atoms with Crippen molar-refractivity contribution in [2.75, 3.05) is 20.2 Å². The Labute approximate surface area is 149 Å². The third-order valence-electron chi connectivity index (χ3n) is 3.95. The maximum atomic E-state index is 10.1. The number of phenolic OH excluding ortho intramolecular Hbond substituents is 1. The molecule has 0 aliphatic rings. The Hall–Kier alpha value is -2.69. The molecule has 5 heteroatoms. The zero-order chi connectivity index (χ0) is 18.1. The van der Waals surface area contributed by atoms with E-state index in [1.165, 1.54) is 5.56 Å². The summed E-state index contributed by atoms with van der Waals surface area (Å²) in [6.07, 6.45) is 0.638. The van der Waals surface area contributed by atoms with Crippen LogP contribution in [0.15, 0.2) is 53.5 Å². The lowest BCUT2D eigenvalue weighted by atomic mass is 10.1. The fourth-order valence-corrected chi connectivity index (χ4v) is 2.57. The number of para-hydroxylation sites is 1. The summed E-state index contributed by atoms with van der Waals surface area (Å²) in [5.74, 6) is 1.45. The number of methoxy groups -OCH3 is 1. The molecule has 0 saturated heterocycles. The van der Waals surface area contributed by atoms with E-state index in [1.54, 1.807) is 13.2 Å². The number of nitrogens with one attached hydrogen (secondary N) is 2. The van der Waals surface area contributed by atoms with Crippen molar-refractivity contribution in [3.05, 3.63) is 59.7 Å². The number of hydrogen-bond donors (Lipinski definition) is 3. The number of ether oxygens (including phenoxy) is 1. The molecule has 1 atom stereocenters. The minimum Gasteiger partial charge on any atom is -0.504 e. The first kappa shape index (κ1) is 18.6. The van der Waals surface area contributed by atoms with E-state index in [4.69, 9.17) is 4.74 Å². The van der Waals surface area contributed by atoms with Gasteiger partial charge in [-0.1, -0.05) is 42.5 Å². The van der Waals surface area contributed by atoms with E-state index in [9.17, 15) is 5.11 Å². The van der Waals surface area contributed by atoms with Crippen LogP contribution in [0.4, 0.5) is 0 Å². The molecule has 0 bridgehead atoms. The molecule has 0 spiro atoms. The van der Waals surface area contributed by atoms with E-state index in [2.05, 4.69) is 34.7 Å². The second-order valence-corrected chi connectivity index (χ2v) is 5.76. The molecule has 3 N–H and O–H groups in total. The number of rotatable bonds is 7. The van der Waals surface area contributed by atoms with Crippen LogP contribution < -0.4 is 15.4 Å². The molecule has 0 aliphatic carbocycles. The van der Waals surface area contributed by atoms with Gasteiger partial charge in [0.2, 0.25) is 0 Å². The first-order valence-electron chi connectivity index (χ1n) is 8.60. The van der Waals surface area contributed by atoms with Crippen LogP contribution in [-0.2, 0) is 6.42 Å². The monoisotopic (exact) mass is 341 g/mol. The Balaban J connectivity index is 2.00. The molecule has 2 aromatic rings. The van der Waals surface area contributed by atoms with Crippen LogP contribution in [0, 0.1) is 0 Å². The number of aromatic hydroxyl groups is 1. The summed E-state index contributed by atoms with van der Waals surface area (Å²) in [5.41, 5.74) is 2.04. The zero-order valence-electron chi connectivity index (χ0n) is 15.1. The summed E-state index contributed by atoms with van der Waals surface area (Å²) >= 11 is 0. The maximum Gasteiger partial charge on any atom is 0.191 e. The summed E-state index contributed by atoms with van der Waals surface area (Å²) in [6, 6.07) is 15.9. The van der Waals surface area contributed by atoms with Gasteiger partial charge in [0.1, 0.15) is 0 Å². The van der Waals surface area contributed by atoms with Crippen LogP contribution in [0.2, 0.25) is 0 Å². The van der Waals surface area contributed by atoms with Gasteiger partial charge in [-0.05, 0) is 37.5 Å². The number of phenols is 1. The first-order chi connectivity index (χ1) is 12.2. The van der Waals surface area contributed by atoms with Crippen molar-refractivity contribution in [3.63, 3.8) is 0 Å². The molecule has 1 unspecified atom stereocenters. The Kier molecular flexibility index (Phi) is 7.14. The molecular formula is C20H27N3O2. The molecule has 5 nitrogen and oxygen atoms in total. The van der Waals surface area contributed by atoms with E-state index in [0.29, 0.717) is 18.7 Å². The third kappa shape index (κ3) is 5.41. The van der Waals surface area contributed by atoms with Crippen LogP contribution in [0.3, 0.4) is 0 Å². The predicted octanol–water partition coefficient (Wildman–Crippen LogP) is 3.26. The summed E-state index contributed by atoms with van der Waals surface area (Å²) in [5, 5.41) is 16.8. The number of hydrogen-bond acceptors (Lipinski definition) is 3. The highest BCUT2D eigenvalue weighted by atomic mass is 16.5. The van der Waals surface area contributed by atoms with Gasteiger partial charge in [-0.2, -0.15) is 0 Å². The molecule has 2 rings (SSSR count). The van der Waals surface area contributed by atoms with Gasteiger partial charge in [0.25, 0.3) is 0 Å². The minimum atomic E-state index is 0.157. The summed E-state index contributed by atoms with van der Waals surface area (Å²) in [4.78, 5) is 4.61. The van der Waals surface area contributed by atoms with Gasteiger partial charge in [-0.15, -0.1) is 0 Å². The molecule has 0 fully saturated rings. The minimum absolute atomic E-state index is 0.157. The van der Waals surface area contributed by atoms with Crippen molar-refractivity contribution in [2.24, 2.45) is 4.99 Å². The van der Waals surface area contributed by atoms with E-state index in [1.807, 2.05) is 37.3 Å². The molecular weight excluding hydrogens is 314 g/mol. The Morgan fingerprint density at radius 1 is 1.16 bits per heavy atom. The van der Waals surface area contributed by atoms with Crippen molar-refractivity contribution in [1.29, 1.82) is 0 Å². The van der Waals surface area contributed by atoms with Crippen LogP contribution in [-0.4, -0.2) is 31.3 Å². The fraction of sp³-hybridized carbons (Fsp3) is 0.350. The molecule has 134 valence electrons. The first-order valence-corrected chi connectivity index (χ1v) is 8.60. The molecule has 0 aliphatic heterocycles. The van der Waals surface area contributed by atoms with Crippen molar-refractivity contribution in [2.45, 2.75) is 26.3 Å². The van der Waals surface area contributed by atoms with E-state index in [0.717, 1.165) is 18.1 Å². The van der Waals surface area contributed by atoms with Crippen LogP contribution in [0.5, 0.6) is 11.5 Å². The van der Waals surface area contributed by atoms with Crippen molar-refractivity contribution >= 4 is 5.96 Å². The molecule has 0 heterocycles. The normalized spacial score (nSPS) is 12.5. The average molecular weight is 341 g/mol. The molecule has 0 saturated carbocycles. The molecule has 2 aromatic carbocycles. The van der Waals surface area contributed by atoms with Gasteiger partial charge in [0, 0.05) is 13.1 Å². The summed E-state index contributed by atoms with van der Waals surface area (Å²) in [7, 11) is 1.55. The fourth-order valence-electron chi connectivity index (χ4n) is 2.57. The standard InChI is InChI=1S/C20H27N3O2/c1-4-21-20(23-15(2)16-9-6-5-7-10-16)22-14-13-17-11-8-12-18(25-3)19(17)24/h5-12,15,24H,4,13-14H2,1-3H3,(H2,21,22,23). The van der Waals surface area contributed by atoms with Crippen molar-refractivity contribution in [1.82, 2.24) is 10.6 Å². The lowest BCUT2D eigenvalue weighted by molar-refractivity contribution is 0.370. The lowest BCUT2D eigenvalue weighted by Crippen LogP contribution is -2.38. The quantitative estimate of drug-likeness (QED) is 0.534. The molecule has 25 heavy (non-hydrogen) atoms. The van der Waals surface area contributed by atoms with Gasteiger partial charge in [-0.25, -0.2) is 0 Å². The van der Waals surface area contributed by atoms with Crippen LogP contribution >= 0.6 is 0 Å². The lowest BCUT2D eigenvalue weighted by Gasteiger charge is -2.18. The predicted molar refractivity (Wildman–Crippen MR) is 102 cm³/mol. The van der Waals surface area contributed by atoms with Gasteiger partial charge in [-0.3, -0.25) is 4.99 Å².